The van der Waals surface area contributed by atoms with Crippen LogP contribution in [0.15, 0.2) is 29.3 Å². The SMILES string of the molecule is CN=C(NCCCc1nn(-c2ccc(C)cc2)c(N)c1C#N)N(C)CC1CCOC1. The summed E-state index contributed by atoms with van der Waals surface area (Å²) in [5, 5.41) is 17.6. The molecule has 30 heavy (non-hydrogen) atoms. The van der Waals surface area contributed by atoms with Gasteiger partial charge in [0.1, 0.15) is 17.5 Å². The van der Waals surface area contributed by atoms with Gasteiger partial charge in [0.25, 0.3) is 0 Å². The topological polar surface area (TPSA) is 104 Å². The molecule has 1 saturated heterocycles. The van der Waals surface area contributed by atoms with Crippen LogP contribution in [0, 0.1) is 24.2 Å². The first-order valence-electron chi connectivity index (χ1n) is 10.4. The predicted octanol–water partition coefficient (Wildman–Crippen LogP) is 2.11. The van der Waals surface area contributed by atoms with Gasteiger partial charge in [0.2, 0.25) is 0 Å². The van der Waals surface area contributed by atoms with Gasteiger partial charge in [-0.2, -0.15) is 10.4 Å². The van der Waals surface area contributed by atoms with Gasteiger partial charge in [0, 0.05) is 39.7 Å². The first-order chi connectivity index (χ1) is 14.5. The van der Waals surface area contributed by atoms with Crippen molar-refractivity contribution in [2.45, 2.75) is 26.2 Å². The van der Waals surface area contributed by atoms with E-state index >= 15 is 0 Å². The number of guanidine groups is 1. The minimum absolute atomic E-state index is 0.388. The van der Waals surface area contributed by atoms with Gasteiger partial charge in [0.15, 0.2) is 5.96 Å². The highest BCUT2D eigenvalue weighted by molar-refractivity contribution is 5.79. The van der Waals surface area contributed by atoms with Crippen molar-refractivity contribution in [1.82, 2.24) is 20.0 Å². The van der Waals surface area contributed by atoms with Gasteiger partial charge in [-0.25, -0.2) is 4.68 Å². The number of hydrogen-bond donors (Lipinski definition) is 2. The Balaban J connectivity index is 1.57. The molecular weight excluding hydrogens is 378 g/mol. The van der Waals surface area contributed by atoms with E-state index in [1.807, 2.05) is 38.2 Å². The summed E-state index contributed by atoms with van der Waals surface area (Å²) in [5.41, 5.74) is 9.41. The van der Waals surface area contributed by atoms with Crippen molar-refractivity contribution < 1.29 is 4.74 Å². The largest absolute Gasteiger partial charge is 0.382 e. The third-order valence-electron chi connectivity index (χ3n) is 5.39. The lowest BCUT2D eigenvalue weighted by molar-refractivity contribution is 0.181. The Morgan fingerprint density at radius 1 is 1.43 bits per heavy atom. The van der Waals surface area contributed by atoms with Gasteiger partial charge in [0.05, 0.1) is 18.0 Å². The highest BCUT2D eigenvalue weighted by Crippen LogP contribution is 2.21. The number of aromatic nitrogens is 2. The molecule has 8 heteroatoms. The number of hydrogen-bond acceptors (Lipinski definition) is 5. The highest BCUT2D eigenvalue weighted by Gasteiger charge is 2.19. The van der Waals surface area contributed by atoms with Gasteiger partial charge in [-0.1, -0.05) is 17.7 Å². The summed E-state index contributed by atoms with van der Waals surface area (Å²) < 4.78 is 7.11. The zero-order valence-electron chi connectivity index (χ0n) is 18.1. The Hall–Kier alpha value is -3.05. The van der Waals surface area contributed by atoms with Gasteiger partial charge in [-0.15, -0.1) is 0 Å². The minimum atomic E-state index is 0.388. The van der Waals surface area contributed by atoms with Crippen molar-refractivity contribution in [3.63, 3.8) is 0 Å². The number of aliphatic imine (C=N–C) groups is 1. The second-order valence-electron chi connectivity index (χ2n) is 7.75. The van der Waals surface area contributed by atoms with E-state index in [2.05, 4.69) is 26.4 Å². The fraction of sp³-hybridized carbons (Fsp3) is 0.500. The number of nitrogens with two attached hydrogens (primary N) is 1. The van der Waals surface area contributed by atoms with Crippen LogP contribution in [-0.2, 0) is 11.2 Å². The number of nitriles is 1. The first-order valence-corrected chi connectivity index (χ1v) is 10.4. The van der Waals surface area contributed by atoms with Crippen LogP contribution in [-0.4, -0.2) is 61.0 Å². The Morgan fingerprint density at radius 3 is 2.83 bits per heavy atom. The molecule has 3 rings (SSSR count). The lowest BCUT2D eigenvalue weighted by Gasteiger charge is -2.24. The number of ether oxygens (including phenoxy) is 1. The molecule has 2 heterocycles. The average Bonchev–Trinajstić information content (AvgIpc) is 3.36. The van der Waals surface area contributed by atoms with Crippen LogP contribution in [0.4, 0.5) is 5.82 Å². The number of nitrogens with zero attached hydrogens (tertiary/aromatic N) is 5. The van der Waals surface area contributed by atoms with Crippen LogP contribution in [0.2, 0.25) is 0 Å². The van der Waals surface area contributed by atoms with E-state index < -0.39 is 0 Å². The smallest absolute Gasteiger partial charge is 0.193 e. The molecule has 0 bridgehead atoms. The number of aryl methyl sites for hydroxylation is 2. The summed E-state index contributed by atoms with van der Waals surface area (Å²) in [5.74, 6) is 1.81. The third-order valence-corrected chi connectivity index (χ3v) is 5.39. The Morgan fingerprint density at radius 2 is 2.20 bits per heavy atom. The first kappa shape index (κ1) is 21.7. The molecule has 1 unspecified atom stereocenters. The lowest BCUT2D eigenvalue weighted by atomic mass is 10.1. The molecule has 0 aliphatic carbocycles. The van der Waals surface area contributed by atoms with Crippen molar-refractivity contribution in [3.8, 4) is 11.8 Å². The number of anilines is 1. The number of nitrogen functional groups attached to an aromatic ring is 1. The van der Waals surface area contributed by atoms with Crippen molar-refractivity contribution >= 4 is 11.8 Å². The molecule has 1 aliphatic rings. The van der Waals surface area contributed by atoms with Gasteiger partial charge in [-0.05, 0) is 38.3 Å². The summed E-state index contributed by atoms with van der Waals surface area (Å²) in [6.45, 7) is 5.37. The summed E-state index contributed by atoms with van der Waals surface area (Å²) in [7, 11) is 3.84. The van der Waals surface area contributed by atoms with Crippen LogP contribution in [0.25, 0.3) is 5.69 Å². The summed E-state index contributed by atoms with van der Waals surface area (Å²) in [6.07, 6.45) is 2.58. The fourth-order valence-corrected chi connectivity index (χ4v) is 3.70. The molecule has 0 amide bonds. The Kier molecular flexibility index (Phi) is 7.31. The summed E-state index contributed by atoms with van der Waals surface area (Å²) in [6, 6.07) is 10.1. The molecule has 0 saturated carbocycles. The van der Waals surface area contributed by atoms with E-state index in [0.717, 1.165) is 62.0 Å². The highest BCUT2D eigenvalue weighted by atomic mass is 16.5. The molecule has 1 aliphatic heterocycles. The summed E-state index contributed by atoms with van der Waals surface area (Å²) >= 11 is 0. The van der Waals surface area contributed by atoms with Crippen LogP contribution < -0.4 is 11.1 Å². The van der Waals surface area contributed by atoms with Crippen LogP contribution >= 0.6 is 0 Å². The third kappa shape index (κ3) is 5.10. The van der Waals surface area contributed by atoms with Gasteiger partial charge in [-0.3, -0.25) is 4.99 Å². The molecule has 1 fully saturated rings. The molecule has 1 atom stereocenters. The van der Waals surface area contributed by atoms with Crippen molar-refractivity contribution in [3.05, 3.63) is 41.1 Å². The molecule has 1 aromatic carbocycles. The molecular formula is C22H31N7O. The van der Waals surface area contributed by atoms with Gasteiger partial charge < -0.3 is 20.7 Å². The van der Waals surface area contributed by atoms with Crippen LogP contribution in [0.5, 0.6) is 0 Å². The van der Waals surface area contributed by atoms with Gasteiger partial charge >= 0.3 is 0 Å². The molecule has 0 spiro atoms. The van der Waals surface area contributed by atoms with E-state index in [4.69, 9.17) is 10.5 Å². The molecule has 0 radical (unpaired) electrons. The maximum Gasteiger partial charge on any atom is 0.193 e. The van der Waals surface area contributed by atoms with E-state index in [-0.39, 0.29) is 0 Å². The second-order valence-corrected chi connectivity index (χ2v) is 7.75. The zero-order valence-corrected chi connectivity index (χ0v) is 18.1. The standard InChI is InChI=1S/C22H31N7O/c1-16-6-8-18(9-7-16)29-21(24)19(13-23)20(27-29)5-4-11-26-22(25-2)28(3)14-17-10-12-30-15-17/h6-9,17H,4-5,10-12,14-15,24H2,1-3H3,(H,25,26). The number of nitrogens with one attached hydrogen (secondary N) is 1. The van der Waals surface area contributed by atoms with E-state index in [0.29, 0.717) is 23.7 Å². The van der Waals surface area contributed by atoms with Crippen LogP contribution in [0.3, 0.4) is 0 Å². The monoisotopic (exact) mass is 409 g/mol. The number of benzene rings is 1. The average molecular weight is 410 g/mol. The Labute approximate surface area is 178 Å². The fourth-order valence-electron chi connectivity index (χ4n) is 3.70. The predicted molar refractivity (Wildman–Crippen MR) is 119 cm³/mol. The van der Waals surface area contributed by atoms with Crippen molar-refractivity contribution in [2.24, 2.45) is 10.9 Å². The zero-order chi connectivity index (χ0) is 21.5. The maximum absolute atomic E-state index is 9.56. The number of rotatable bonds is 7. The molecule has 8 nitrogen and oxygen atoms in total. The van der Waals surface area contributed by atoms with Crippen molar-refractivity contribution in [1.29, 1.82) is 5.26 Å². The van der Waals surface area contributed by atoms with Crippen molar-refractivity contribution in [2.75, 3.05) is 46.1 Å². The van der Waals surface area contributed by atoms with E-state index in [9.17, 15) is 5.26 Å². The van der Waals surface area contributed by atoms with E-state index in [1.165, 1.54) is 0 Å². The molecule has 1 aromatic heterocycles. The quantitative estimate of drug-likeness (QED) is 0.412. The normalized spacial score (nSPS) is 16.5. The molecule has 160 valence electrons. The second kappa shape index (κ2) is 10.1. The van der Waals surface area contributed by atoms with E-state index in [1.54, 1.807) is 11.7 Å². The minimum Gasteiger partial charge on any atom is -0.382 e. The molecule has 3 N–H and O–H groups in total. The summed E-state index contributed by atoms with van der Waals surface area (Å²) in [4.78, 5) is 6.51. The van der Waals surface area contributed by atoms with Crippen LogP contribution in [0.1, 0.15) is 29.7 Å². The molecule has 2 aromatic rings. The lowest BCUT2D eigenvalue weighted by Crippen LogP contribution is -2.41. The Bertz CT molecular complexity index is 905. The maximum atomic E-state index is 9.56.